The second-order valence-corrected chi connectivity index (χ2v) is 6.36. The molecule has 1 amide bonds. The molecule has 0 aromatic carbocycles. The molecule has 0 radical (unpaired) electrons. The van der Waals surface area contributed by atoms with Gasteiger partial charge in [-0.3, -0.25) is 9.69 Å². The van der Waals surface area contributed by atoms with Gasteiger partial charge in [0.25, 0.3) is 0 Å². The molecule has 6 heteroatoms. The number of hydrogen-bond acceptors (Lipinski definition) is 5. The summed E-state index contributed by atoms with van der Waals surface area (Å²) in [5.74, 6) is 1.73. The van der Waals surface area contributed by atoms with Gasteiger partial charge in [0, 0.05) is 32.4 Å². The summed E-state index contributed by atoms with van der Waals surface area (Å²) in [5, 5.41) is 3.39. The predicted molar refractivity (Wildman–Crippen MR) is 89.3 cm³/mol. The molecule has 126 valence electrons. The number of ether oxygens (including phenoxy) is 1. The van der Waals surface area contributed by atoms with Crippen molar-refractivity contribution in [2.24, 2.45) is 5.92 Å². The van der Waals surface area contributed by atoms with Crippen LogP contribution in [0.25, 0.3) is 0 Å². The fourth-order valence-corrected chi connectivity index (χ4v) is 3.30. The van der Waals surface area contributed by atoms with E-state index in [0.717, 1.165) is 45.0 Å². The Labute approximate surface area is 137 Å². The van der Waals surface area contributed by atoms with E-state index in [1.807, 2.05) is 30.0 Å². The zero-order valence-corrected chi connectivity index (χ0v) is 13.8. The molecule has 0 saturated carbocycles. The summed E-state index contributed by atoms with van der Waals surface area (Å²) in [6, 6.07) is 5.85. The third kappa shape index (κ3) is 4.20. The summed E-state index contributed by atoms with van der Waals surface area (Å²) in [7, 11) is 0. The maximum absolute atomic E-state index is 12.6. The molecule has 6 nitrogen and oxygen atoms in total. The van der Waals surface area contributed by atoms with E-state index in [0.29, 0.717) is 19.1 Å². The molecule has 2 aliphatic heterocycles. The molecule has 0 unspecified atom stereocenters. The van der Waals surface area contributed by atoms with E-state index >= 15 is 0 Å². The summed E-state index contributed by atoms with van der Waals surface area (Å²) in [5.41, 5.74) is 0. The molecular weight excluding hydrogens is 292 g/mol. The maximum Gasteiger partial charge on any atom is 0.239 e. The third-order valence-electron chi connectivity index (χ3n) is 4.78. The van der Waals surface area contributed by atoms with Crippen molar-refractivity contribution in [2.75, 3.05) is 51.3 Å². The Balaban J connectivity index is 1.45. The first-order valence-corrected chi connectivity index (χ1v) is 8.49. The number of anilines is 1. The highest BCUT2D eigenvalue weighted by Crippen LogP contribution is 2.20. The number of hydrogen-bond donors (Lipinski definition) is 1. The van der Waals surface area contributed by atoms with Gasteiger partial charge in [0.15, 0.2) is 0 Å². The lowest BCUT2D eigenvalue weighted by Crippen LogP contribution is -2.50. The lowest BCUT2D eigenvalue weighted by atomic mass is 10.1. The molecule has 2 atom stereocenters. The molecule has 2 aliphatic rings. The summed E-state index contributed by atoms with van der Waals surface area (Å²) < 4.78 is 5.32. The number of carbonyl (C=O) groups excluding carboxylic acids is 1. The Morgan fingerprint density at radius 2 is 2.22 bits per heavy atom. The first kappa shape index (κ1) is 16.2. The maximum atomic E-state index is 12.6. The third-order valence-corrected chi connectivity index (χ3v) is 4.78. The molecule has 0 aliphatic carbocycles. The normalized spacial score (nSPS) is 23.7. The van der Waals surface area contributed by atoms with Crippen LogP contribution < -0.4 is 5.32 Å². The van der Waals surface area contributed by atoms with E-state index in [1.54, 1.807) is 6.20 Å². The molecule has 1 N–H and O–H groups in total. The smallest absolute Gasteiger partial charge is 0.239 e. The van der Waals surface area contributed by atoms with Crippen LogP contribution >= 0.6 is 0 Å². The minimum atomic E-state index is -0.0343. The van der Waals surface area contributed by atoms with Crippen molar-refractivity contribution in [1.82, 2.24) is 14.8 Å². The van der Waals surface area contributed by atoms with Crippen LogP contribution in [0.15, 0.2) is 24.4 Å². The number of likely N-dealkylation sites (tertiary alicyclic amines) is 1. The van der Waals surface area contributed by atoms with E-state index in [2.05, 4.69) is 15.2 Å². The average molecular weight is 318 g/mol. The summed E-state index contributed by atoms with van der Waals surface area (Å²) in [6.45, 7) is 7.68. The van der Waals surface area contributed by atoms with E-state index in [-0.39, 0.29) is 11.9 Å². The Hall–Kier alpha value is -1.66. The molecule has 0 bridgehead atoms. The van der Waals surface area contributed by atoms with Crippen LogP contribution in [0.1, 0.15) is 13.3 Å². The minimum absolute atomic E-state index is 0.0343. The number of carbonyl (C=O) groups is 1. The van der Waals surface area contributed by atoms with Gasteiger partial charge >= 0.3 is 0 Å². The Morgan fingerprint density at radius 3 is 2.96 bits per heavy atom. The predicted octanol–water partition coefficient (Wildman–Crippen LogP) is 1.06. The van der Waals surface area contributed by atoms with Gasteiger partial charge in [-0.25, -0.2) is 4.98 Å². The van der Waals surface area contributed by atoms with Gasteiger partial charge in [-0.1, -0.05) is 6.07 Å². The van der Waals surface area contributed by atoms with E-state index in [1.165, 1.54) is 0 Å². The zero-order chi connectivity index (χ0) is 16.1. The molecule has 3 heterocycles. The van der Waals surface area contributed by atoms with Gasteiger partial charge in [-0.2, -0.15) is 0 Å². The van der Waals surface area contributed by atoms with Crippen LogP contribution in [0.5, 0.6) is 0 Å². The molecule has 0 spiro atoms. The summed E-state index contributed by atoms with van der Waals surface area (Å²) in [6.07, 6.45) is 2.92. The van der Waals surface area contributed by atoms with Gasteiger partial charge < -0.3 is 15.0 Å². The Bertz CT molecular complexity index is 505. The van der Waals surface area contributed by atoms with Crippen LogP contribution in [0.3, 0.4) is 0 Å². The van der Waals surface area contributed by atoms with Crippen molar-refractivity contribution in [2.45, 2.75) is 19.4 Å². The number of nitrogens with one attached hydrogen (secondary N) is 1. The molecular formula is C17H26N4O2. The highest BCUT2D eigenvalue weighted by atomic mass is 16.5. The number of pyridine rings is 1. The molecule has 1 aromatic heterocycles. The molecule has 2 fully saturated rings. The van der Waals surface area contributed by atoms with Gasteiger partial charge in [0.2, 0.25) is 5.91 Å². The topological polar surface area (TPSA) is 57.7 Å². The number of morpholine rings is 1. The fraction of sp³-hybridized carbons (Fsp3) is 0.647. The van der Waals surface area contributed by atoms with E-state index in [4.69, 9.17) is 4.74 Å². The lowest BCUT2D eigenvalue weighted by molar-refractivity contribution is -0.140. The molecule has 1 aromatic rings. The standard InChI is InChI=1S/C17H26N4O2/c1-14(17(22)20-8-10-23-11-9-20)21-7-5-15(13-21)12-19-16-4-2-3-6-18-16/h2-4,6,14-15H,5,7-13H2,1H3,(H,18,19)/t14-,15-/m0/s1. The van der Waals surface area contributed by atoms with Crippen LogP contribution in [0, 0.1) is 5.92 Å². The van der Waals surface area contributed by atoms with Gasteiger partial charge in [-0.15, -0.1) is 0 Å². The van der Waals surface area contributed by atoms with Crippen molar-refractivity contribution in [3.8, 4) is 0 Å². The van der Waals surface area contributed by atoms with Crippen molar-refractivity contribution in [3.05, 3.63) is 24.4 Å². The van der Waals surface area contributed by atoms with Crippen LogP contribution in [0.2, 0.25) is 0 Å². The molecule has 2 saturated heterocycles. The summed E-state index contributed by atoms with van der Waals surface area (Å²) >= 11 is 0. The van der Waals surface area contributed by atoms with Crippen LogP contribution in [0.4, 0.5) is 5.82 Å². The fourth-order valence-electron chi connectivity index (χ4n) is 3.30. The monoisotopic (exact) mass is 318 g/mol. The van der Waals surface area contributed by atoms with Crippen LogP contribution in [-0.2, 0) is 9.53 Å². The first-order valence-electron chi connectivity index (χ1n) is 8.49. The zero-order valence-electron chi connectivity index (χ0n) is 13.8. The molecule has 3 rings (SSSR count). The van der Waals surface area contributed by atoms with Gasteiger partial charge in [0.05, 0.1) is 19.3 Å². The van der Waals surface area contributed by atoms with Crippen molar-refractivity contribution in [1.29, 1.82) is 0 Å². The number of nitrogens with zero attached hydrogens (tertiary/aromatic N) is 3. The van der Waals surface area contributed by atoms with Gasteiger partial charge in [-0.05, 0) is 37.9 Å². The number of amides is 1. The average Bonchev–Trinajstić information content (AvgIpc) is 3.09. The number of rotatable bonds is 5. The van der Waals surface area contributed by atoms with Crippen molar-refractivity contribution in [3.63, 3.8) is 0 Å². The second-order valence-electron chi connectivity index (χ2n) is 6.36. The Morgan fingerprint density at radius 1 is 1.39 bits per heavy atom. The van der Waals surface area contributed by atoms with E-state index < -0.39 is 0 Å². The Kier molecular flexibility index (Phi) is 5.46. The number of aromatic nitrogens is 1. The first-order chi connectivity index (χ1) is 11.2. The largest absolute Gasteiger partial charge is 0.378 e. The van der Waals surface area contributed by atoms with E-state index in [9.17, 15) is 4.79 Å². The highest BCUT2D eigenvalue weighted by Gasteiger charge is 2.32. The van der Waals surface area contributed by atoms with Crippen LogP contribution in [-0.4, -0.2) is 72.7 Å². The highest BCUT2D eigenvalue weighted by molar-refractivity contribution is 5.81. The minimum Gasteiger partial charge on any atom is -0.378 e. The van der Waals surface area contributed by atoms with Crippen molar-refractivity contribution < 1.29 is 9.53 Å². The summed E-state index contributed by atoms with van der Waals surface area (Å²) in [4.78, 5) is 21.1. The van der Waals surface area contributed by atoms with Gasteiger partial charge in [0.1, 0.15) is 5.82 Å². The lowest BCUT2D eigenvalue weighted by Gasteiger charge is -2.32. The molecule has 23 heavy (non-hydrogen) atoms. The second kappa shape index (κ2) is 7.75. The quantitative estimate of drug-likeness (QED) is 0.880. The SMILES string of the molecule is C[C@@H](C(=O)N1CCOCC1)N1CC[C@@H](CNc2ccccn2)C1. The van der Waals surface area contributed by atoms with Crippen molar-refractivity contribution >= 4 is 11.7 Å².